The molecular weight excluding hydrogens is 424 g/mol. The van der Waals surface area contributed by atoms with Crippen molar-refractivity contribution >= 4 is 27.6 Å². The molecule has 0 radical (unpaired) electrons. The maximum absolute atomic E-state index is 13.2. The molecule has 2 aliphatic rings. The molecule has 0 aliphatic carbocycles. The van der Waals surface area contributed by atoms with Crippen molar-refractivity contribution in [1.29, 1.82) is 0 Å². The normalized spacial score (nSPS) is 20.5. The van der Waals surface area contributed by atoms with Gasteiger partial charge < -0.3 is 19.7 Å². The van der Waals surface area contributed by atoms with Gasteiger partial charge >= 0.3 is 0 Å². The predicted molar refractivity (Wildman–Crippen MR) is 112 cm³/mol. The van der Waals surface area contributed by atoms with Crippen LogP contribution in [0.25, 0.3) is 0 Å². The number of benzene rings is 2. The van der Waals surface area contributed by atoms with Crippen LogP contribution in [0.15, 0.2) is 42.5 Å². The minimum Gasteiger partial charge on any atom is -0.493 e. The number of carbonyl (C=O) groups excluding carboxylic acids is 2. The zero-order valence-electron chi connectivity index (χ0n) is 17.0. The molecule has 1 N–H and O–H groups in total. The fraction of sp³-hybridized carbons (Fsp3) is 0.333. The zero-order valence-corrected chi connectivity index (χ0v) is 17.8. The lowest BCUT2D eigenvalue weighted by molar-refractivity contribution is -0.119. The lowest BCUT2D eigenvalue weighted by Gasteiger charge is -2.20. The number of hydrogen-bond donors (Lipinski definition) is 1. The molecule has 2 atom stereocenters. The monoisotopic (exact) mass is 446 g/mol. The Bertz CT molecular complexity index is 1120. The third-order valence-corrected chi connectivity index (χ3v) is 5.79. The number of methoxy groups -OCH3 is 1. The van der Waals surface area contributed by atoms with E-state index in [1.807, 2.05) is 30.3 Å². The van der Waals surface area contributed by atoms with Gasteiger partial charge in [0.15, 0.2) is 11.5 Å². The van der Waals surface area contributed by atoms with Gasteiger partial charge in [0.05, 0.1) is 30.7 Å². The molecule has 2 aliphatic heterocycles. The molecule has 31 heavy (non-hydrogen) atoms. The van der Waals surface area contributed by atoms with Gasteiger partial charge in [0.25, 0.3) is 16.0 Å². The molecule has 2 amide bonds. The standard InChI is InChI=1S/C21H22N2O7S/c1-28-18-9-15-16(10-19(18)29-12-13-6-4-3-5-7-13)22-20(24)17-8-14(30-31(2,26)27)11-23(17)21(15)25/h3-7,9-10,14,17H,8,11-12H2,1-2H3,(H,22,24)/t14-,17+/m1/s1. The Morgan fingerprint density at radius 2 is 1.87 bits per heavy atom. The SMILES string of the molecule is COc1cc2c(cc1OCc1ccccc1)NC(=O)[C@@H]1C[C@@H](OS(C)(=O)=O)CN1C2=O. The van der Waals surface area contributed by atoms with Crippen LogP contribution in [0.3, 0.4) is 0 Å². The van der Waals surface area contributed by atoms with E-state index in [0.717, 1.165) is 11.8 Å². The first-order valence-corrected chi connectivity index (χ1v) is 11.5. The van der Waals surface area contributed by atoms with Gasteiger partial charge in [-0.25, -0.2) is 0 Å². The Labute approximate surface area is 180 Å². The molecule has 2 aromatic rings. The minimum absolute atomic E-state index is 0.00198. The van der Waals surface area contributed by atoms with Gasteiger partial charge in [-0.3, -0.25) is 13.8 Å². The van der Waals surface area contributed by atoms with Crippen LogP contribution >= 0.6 is 0 Å². The van der Waals surface area contributed by atoms with E-state index < -0.39 is 34.1 Å². The van der Waals surface area contributed by atoms with E-state index in [2.05, 4.69) is 5.32 Å². The number of anilines is 1. The second-order valence-corrected chi connectivity index (χ2v) is 9.04. The second kappa shape index (κ2) is 8.20. The molecule has 1 fully saturated rings. The summed E-state index contributed by atoms with van der Waals surface area (Å²) in [6.45, 7) is 0.287. The number of carbonyl (C=O) groups is 2. The molecule has 2 heterocycles. The number of ether oxygens (including phenoxy) is 2. The summed E-state index contributed by atoms with van der Waals surface area (Å²) in [4.78, 5) is 27.3. The maximum Gasteiger partial charge on any atom is 0.264 e. The smallest absolute Gasteiger partial charge is 0.264 e. The quantitative estimate of drug-likeness (QED) is 0.674. The highest BCUT2D eigenvalue weighted by atomic mass is 32.2. The van der Waals surface area contributed by atoms with E-state index in [-0.39, 0.29) is 25.1 Å². The summed E-state index contributed by atoms with van der Waals surface area (Å²) in [7, 11) is -2.24. The first-order chi connectivity index (χ1) is 14.7. The van der Waals surface area contributed by atoms with E-state index in [1.54, 1.807) is 6.07 Å². The lowest BCUT2D eigenvalue weighted by Crippen LogP contribution is -2.40. The summed E-state index contributed by atoms with van der Waals surface area (Å²) < 4.78 is 39.2. The molecule has 0 spiro atoms. The highest BCUT2D eigenvalue weighted by Gasteiger charge is 2.44. The summed E-state index contributed by atoms with van der Waals surface area (Å²) in [5.41, 5.74) is 1.51. The number of amides is 2. The number of rotatable bonds is 6. The molecule has 164 valence electrons. The van der Waals surface area contributed by atoms with Crippen molar-refractivity contribution in [2.24, 2.45) is 0 Å². The van der Waals surface area contributed by atoms with E-state index in [9.17, 15) is 18.0 Å². The van der Waals surface area contributed by atoms with Crippen molar-refractivity contribution in [2.75, 3.05) is 25.2 Å². The van der Waals surface area contributed by atoms with E-state index >= 15 is 0 Å². The van der Waals surface area contributed by atoms with Crippen LogP contribution in [0.1, 0.15) is 22.3 Å². The molecule has 2 aromatic carbocycles. The van der Waals surface area contributed by atoms with Crippen LogP contribution in [0.2, 0.25) is 0 Å². The summed E-state index contributed by atoms with van der Waals surface area (Å²) in [6, 6.07) is 11.8. The Kier molecular flexibility index (Phi) is 5.59. The molecule has 10 heteroatoms. The molecule has 9 nitrogen and oxygen atoms in total. The third-order valence-electron chi connectivity index (χ3n) is 5.17. The van der Waals surface area contributed by atoms with E-state index in [1.165, 1.54) is 18.1 Å². The fourth-order valence-corrected chi connectivity index (χ4v) is 4.44. The molecule has 0 aromatic heterocycles. The number of fused-ring (bicyclic) bond motifs is 2. The van der Waals surface area contributed by atoms with Crippen molar-refractivity contribution in [2.45, 2.75) is 25.2 Å². The van der Waals surface area contributed by atoms with Crippen LogP contribution in [-0.4, -0.2) is 57.2 Å². The van der Waals surface area contributed by atoms with Gasteiger partial charge in [-0.05, 0) is 11.6 Å². The fourth-order valence-electron chi connectivity index (χ4n) is 3.81. The van der Waals surface area contributed by atoms with E-state index in [4.69, 9.17) is 13.7 Å². The number of nitrogens with one attached hydrogen (secondary N) is 1. The Hall–Kier alpha value is -3.11. The zero-order chi connectivity index (χ0) is 22.2. The van der Waals surface area contributed by atoms with Crippen molar-refractivity contribution < 1.29 is 31.7 Å². The molecule has 0 unspecified atom stereocenters. The van der Waals surface area contributed by atoms with Crippen molar-refractivity contribution in [1.82, 2.24) is 4.90 Å². The predicted octanol–water partition coefficient (Wildman–Crippen LogP) is 1.79. The Morgan fingerprint density at radius 1 is 1.13 bits per heavy atom. The lowest BCUT2D eigenvalue weighted by atomic mass is 10.1. The van der Waals surface area contributed by atoms with Gasteiger partial charge in [-0.1, -0.05) is 30.3 Å². The summed E-state index contributed by atoms with van der Waals surface area (Å²) >= 11 is 0. The van der Waals surface area contributed by atoms with Crippen LogP contribution in [-0.2, 0) is 25.7 Å². The molecule has 0 bridgehead atoms. The maximum atomic E-state index is 13.2. The number of hydrogen-bond acceptors (Lipinski definition) is 7. The average molecular weight is 446 g/mol. The van der Waals surface area contributed by atoms with Crippen molar-refractivity contribution in [3.8, 4) is 11.5 Å². The van der Waals surface area contributed by atoms with Crippen LogP contribution in [0.4, 0.5) is 5.69 Å². The molecule has 1 saturated heterocycles. The summed E-state index contributed by atoms with van der Waals surface area (Å²) in [6.07, 6.45) is 0.259. The molecular formula is C21H22N2O7S. The first kappa shape index (κ1) is 21.1. The number of nitrogens with zero attached hydrogens (tertiary/aromatic N) is 1. The minimum atomic E-state index is -3.71. The largest absolute Gasteiger partial charge is 0.493 e. The van der Waals surface area contributed by atoms with Crippen LogP contribution in [0, 0.1) is 0 Å². The van der Waals surface area contributed by atoms with Crippen molar-refractivity contribution in [3.63, 3.8) is 0 Å². The molecule has 0 saturated carbocycles. The average Bonchev–Trinajstić information content (AvgIpc) is 3.11. The Balaban J connectivity index is 1.61. The summed E-state index contributed by atoms with van der Waals surface area (Å²) in [5.74, 6) is -0.0888. The third kappa shape index (κ3) is 4.49. The highest BCUT2D eigenvalue weighted by Crippen LogP contribution is 2.38. The van der Waals surface area contributed by atoms with Gasteiger partial charge in [0.2, 0.25) is 5.91 Å². The van der Waals surface area contributed by atoms with Gasteiger partial charge in [0, 0.05) is 19.0 Å². The van der Waals surface area contributed by atoms with Crippen LogP contribution in [0.5, 0.6) is 11.5 Å². The van der Waals surface area contributed by atoms with E-state index in [0.29, 0.717) is 17.2 Å². The highest BCUT2D eigenvalue weighted by molar-refractivity contribution is 7.86. The van der Waals surface area contributed by atoms with Gasteiger partial charge in [-0.2, -0.15) is 8.42 Å². The van der Waals surface area contributed by atoms with Gasteiger partial charge in [-0.15, -0.1) is 0 Å². The van der Waals surface area contributed by atoms with Crippen LogP contribution < -0.4 is 14.8 Å². The second-order valence-electron chi connectivity index (χ2n) is 7.44. The first-order valence-electron chi connectivity index (χ1n) is 9.64. The molecule has 4 rings (SSSR count). The Morgan fingerprint density at radius 3 is 2.55 bits per heavy atom. The topological polar surface area (TPSA) is 111 Å². The van der Waals surface area contributed by atoms with Gasteiger partial charge in [0.1, 0.15) is 12.6 Å². The summed E-state index contributed by atoms with van der Waals surface area (Å²) in [5, 5.41) is 2.76. The van der Waals surface area contributed by atoms with Crippen molar-refractivity contribution in [3.05, 3.63) is 53.6 Å².